The van der Waals surface area contributed by atoms with Crippen molar-refractivity contribution in [2.75, 3.05) is 99.0 Å². The zero-order valence-electron chi connectivity index (χ0n) is 33.2. The van der Waals surface area contributed by atoms with E-state index in [9.17, 15) is 4.79 Å². The first-order chi connectivity index (χ1) is 27.3. The van der Waals surface area contributed by atoms with Crippen molar-refractivity contribution in [1.29, 1.82) is 0 Å². The second kappa shape index (κ2) is 28.8. The van der Waals surface area contributed by atoms with E-state index in [0.717, 1.165) is 12.2 Å². The number of nitrogens with one attached hydrogen (secondary N) is 1. The number of benzene rings is 3. The molecule has 0 spiro atoms. The van der Waals surface area contributed by atoms with E-state index in [2.05, 4.69) is 60.8 Å². The first-order valence-electron chi connectivity index (χ1n) is 20.5. The minimum atomic E-state index is -0.409. The average molecular weight is 764 g/mol. The molecule has 3 aromatic rings. The molecule has 0 radical (unpaired) electrons. The Labute approximate surface area is 329 Å². The summed E-state index contributed by atoms with van der Waals surface area (Å²) < 4.78 is 44.8. The van der Waals surface area contributed by atoms with E-state index in [0.29, 0.717) is 105 Å². The summed E-state index contributed by atoms with van der Waals surface area (Å²) >= 11 is 0. The van der Waals surface area contributed by atoms with Crippen LogP contribution in [0.25, 0.3) is 11.1 Å². The maximum absolute atomic E-state index is 12.3. The molecule has 0 bridgehead atoms. The third-order valence-corrected chi connectivity index (χ3v) is 9.43. The van der Waals surface area contributed by atoms with Crippen molar-refractivity contribution in [1.82, 2.24) is 5.32 Å². The van der Waals surface area contributed by atoms with Gasteiger partial charge in [-0.25, -0.2) is 4.79 Å². The van der Waals surface area contributed by atoms with Crippen LogP contribution in [0, 0.1) is 0 Å². The monoisotopic (exact) mass is 763 g/mol. The molecule has 55 heavy (non-hydrogen) atoms. The molecule has 3 aromatic carbocycles. The maximum atomic E-state index is 12.3. The van der Waals surface area contributed by atoms with Gasteiger partial charge in [0.15, 0.2) is 0 Å². The van der Waals surface area contributed by atoms with Gasteiger partial charge in [0.1, 0.15) is 19.0 Å². The maximum Gasteiger partial charge on any atom is 0.407 e. The molecule has 10 heteroatoms. The third-order valence-electron chi connectivity index (χ3n) is 9.43. The third kappa shape index (κ3) is 18.3. The van der Waals surface area contributed by atoms with Crippen molar-refractivity contribution in [3.8, 4) is 16.9 Å². The smallest absolute Gasteiger partial charge is 0.407 e. The standard InChI is InChI=1S/C45H65NO9/c1-2-3-4-5-6-7-8-14-38-19-21-39(22-20-38)54-36-35-53-34-33-52-32-31-51-30-29-50-28-27-49-26-25-48-24-13-23-46-45(47)55-37-44-42-17-11-9-15-40(42)41-16-10-12-18-43(41)44/h9-12,15-22,44H,2-8,13-14,23-37H2,1H3,(H,46,47). The van der Waals surface area contributed by atoms with Gasteiger partial charge in [-0.05, 0) is 59.2 Å². The van der Waals surface area contributed by atoms with Gasteiger partial charge in [0, 0.05) is 19.1 Å². The number of aryl methyl sites for hydroxylation is 1. The molecular formula is C45H65NO9. The Kier molecular flexibility index (Phi) is 23.2. The molecule has 0 saturated heterocycles. The second-order valence-corrected chi connectivity index (χ2v) is 13.6. The van der Waals surface area contributed by atoms with E-state index in [1.807, 2.05) is 24.3 Å². The molecule has 0 aromatic heterocycles. The van der Waals surface area contributed by atoms with Crippen molar-refractivity contribution < 1.29 is 42.7 Å². The first-order valence-corrected chi connectivity index (χ1v) is 20.5. The number of unbranched alkanes of at least 4 members (excludes halogenated alkanes) is 6. The summed E-state index contributed by atoms with van der Waals surface area (Å²) in [5.74, 6) is 0.938. The van der Waals surface area contributed by atoms with E-state index >= 15 is 0 Å². The van der Waals surface area contributed by atoms with Crippen LogP contribution in [0.2, 0.25) is 0 Å². The lowest BCUT2D eigenvalue weighted by Crippen LogP contribution is -2.27. The van der Waals surface area contributed by atoms with Crippen LogP contribution in [-0.2, 0) is 39.6 Å². The minimum absolute atomic E-state index is 0.0540. The molecule has 1 aliphatic rings. The summed E-state index contributed by atoms with van der Waals surface area (Å²) in [4.78, 5) is 12.3. The molecule has 4 rings (SSSR count). The Hall–Kier alpha value is -3.51. The fraction of sp³-hybridized carbons (Fsp3) is 0.578. The van der Waals surface area contributed by atoms with Crippen LogP contribution >= 0.6 is 0 Å². The van der Waals surface area contributed by atoms with Crippen molar-refractivity contribution >= 4 is 6.09 Å². The summed E-state index contributed by atoms with van der Waals surface area (Å²) in [7, 11) is 0. The molecule has 0 saturated carbocycles. The second-order valence-electron chi connectivity index (χ2n) is 13.6. The highest BCUT2D eigenvalue weighted by Gasteiger charge is 2.28. The molecule has 0 atom stereocenters. The topological polar surface area (TPSA) is 103 Å². The van der Waals surface area contributed by atoms with Crippen molar-refractivity contribution in [3.05, 3.63) is 89.5 Å². The molecule has 0 aliphatic heterocycles. The van der Waals surface area contributed by atoms with Gasteiger partial charge in [0.25, 0.3) is 0 Å². The fourth-order valence-corrected chi connectivity index (χ4v) is 6.47. The van der Waals surface area contributed by atoms with E-state index in [4.69, 9.17) is 37.9 Å². The van der Waals surface area contributed by atoms with Gasteiger partial charge in [-0.2, -0.15) is 0 Å². The summed E-state index contributed by atoms with van der Waals surface area (Å²) in [5, 5.41) is 2.81. The molecule has 0 heterocycles. The molecule has 10 nitrogen and oxygen atoms in total. The normalized spacial score (nSPS) is 12.1. The lowest BCUT2D eigenvalue weighted by atomic mass is 9.98. The van der Waals surface area contributed by atoms with Gasteiger partial charge in [0.2, 0.25) is 0 Å². The summed E-state index contributed by atoms with van der Waals surface area (Å²) in [6.45, 7) is 9.67. The number of hydrogen-bond donors (Lipinski definition) is 1. The van der Waals surface area contributed by atoms with Crippen molar-refractivity contribution in [2.24, 2.45) is 0 Å². The zero-order valence-corrected chi connectivity index (χ0v) is 33.2. The Balaban J connectivity index is 0.826. The van der Waals surface area contributed by atoms with Gasteiger partial charge in [-0.1, -0.05) is 106 Å². The molecule has 1 amide bonds. The number of rotatable bonds is 33. The predicted octanol–water partition coefficient (Wildman–Crippen LogP) is 8.39. The Morgan fingerprint density at radius 1 is 0.527 bits per heavy atom. The SMILES string of the molecule is CCCCCCCCCc1ccc(OCCOCCOCCOCCOCCOCCOCCCNC(=O)OCC2c3ccccc3-c3ccccc32)cc1. The average Bonchev–Trinajstić information content (AvgIpc) is 3.53. The van der Waals surface area contributed by atoms with E-state index in [-0.39, 0.29) is 5.92 Å². The number of amides is 1. The number of fused-ring (bicyclic) bond motifs is 3. The highest BCUT2D eigenvalue weighted by atomic mass is 16.6. The molecule has 304 valence electrons. The van der Waals surface area contributed by atoms with Gasteiger partial charge in [-0.15, -0.1) is 0 Å². The van der Waals surface area contributed by atoms with Crippen LogP contribution in [0.5, 0.6) is 5.75 Å². The largest absolute Gasteiger partial charge is 0.491 e. The summed E-state index contributed by atoms with van der Waals surface area (Å²) in [6.07, 6.45) is 10.8. The van der Waals surface area contributed by atoms with E-state index < -0.39 is 6.09 Å². The summed E-state index contributed by atoms with van der Waals surface area (Å²) in [5.41, 5.74) is 6.20. The fourth-order valence-electron chi connectivity index (χ4n) is 6.47. The van der Waals surface area contributed by atoms with Crippen LogP contribution in [0.3, 0.4) is 0 Å². The molecule has 0 fully saturated rings. The molecule has 1 N–H and O–H groups in total. The quantitative estimate of drug-likeness (QED) is 0.0613. The number of carbonyl (C=O) groups is 1. The van der Waals surface area contributed by atoms with Gasteiger partial charge >= 0.3 is 6.09 Å². The number of hydrogen-bond acceptors (Lipinski definition) is 9. The zero-order chi connectivity index (χ0) is 38.4. The van der Waals surface area contributed by atoms with Crippen LogP contribution in [0.15, 0.2) is 72.8 Å². The van der Waals surface area contributed by atoms with Gasteiger partial charge in [-0.3, -0.25) is 0 Å². The molecular weight excluding hydrogens is 698 g/mol. The lowest BCUT2D eigenvalue weighted by molar-refractivity contribution is -0.0178. The summed E-state index contributed by atoms with van der Waals surface area (Å²) in [6, 6.07) is 25.1. The Bertz CT molecular complexity index is 1370. The lowest BCUT2D eigenvalue weighted by Gasteiger charge is -2.14. The van der Waals surface area contributed by atoms with Crippen molar-refractivity contribution in [2.45, 2.75) is 70.6 Å². The highest BCUT2D eigenvalue weighted by Crippen LogP contribution is 2.44. The van der Waals surface area contributed by atoms with Crippen molar-refractivity contribution in [3.63, 3.8) is 0 Å². The van der Waals surface area contributed by atoms with Crippen LogP contribution in [-0.4, -0.2) is 105 Å². The minimum Gasteiger partial charge on any atom is -0.491 e. The van der Waals surface area contributed by atoms with Gasteiger partial charge < -0.3 is 43.2 Å². The van der Waals surface area contributed by atoms with Crippen LogP contribution in [0.1, 0.15) is 80.9 Å². The Morgan fingerprint density at radius 2 is 1.00 bits per heavy atom. The highest BCUT2D eigenvalue weighted by molar-refractivity contribution is 5.79. The van der Waals surface area contributed by atoms with E-state index in [1.165, 1.54) is 72.8 Å². The first kappa shape index (κ1) is 44.2. The number of carbonyl (C=O) groups excluding carboxylic acids is 1. The predicted molar refractivity (Wildman–Crippen MR) is 216 cm³/mol. The van der Waals surface area contributed by atoms with Crippen LogP contribution in [0.4, 0.5) is 4.79 Å². The molecule has 0 unspecified atom stereocenters. The van der Waals surface area contributed by atoms with Crippen LogP contribution < -0.4 is 10.1 Å². The molecule has 1 aliphatic carbocycles. The van der Waals surface area contributed by atoms with Gasteiger partial charge in [0.05, 0.1) is 72.7 Å². The van der Waals surface area contributed by atoms with E-state index in [1.54, 1.807) is 0 Å². The number of alkyl carbamates (subject to hydrolysis) is 1. The Morgan fingerprint density at radius 3 is 1.55 bits per heavy atom. The number of ether oxygens (including phenoxy) is 8.